The van der Waals surface area contributed by atoms with E-state index in [9.17, 15) is 5.11 Å². The lowest BCUT2D eigenvalue weighted by molar-refractivity contribution is 0.0456. The molecule has 2 heteroatoms. The van der Waals surface area contributed by atoms with E-state index in [0.717, 1.165) is 44.3 Å². The molecule has 4 rings (SSSR count). The van der Waals surface area contributed by atoms with E-state index in [4.69, 9.17) is 4.74 Å². The highest BCUT2D eigenvalue weighted by molar-refractivity contribution is 5.49. The first-order valence-electron chi connectivity index (χ1n) is 8.18. The third-order valence-electron chi connectivity index (χ3n) is 6.30. The van der Waals surface area contributed by atoms with Crippen LogP contribution in [0.15, 0.2) is 24.0 Å². The summed E-state index contributed by atoms with van der Waals surface area (Å²) in [6.07, 6.45) is 8.42. The minimum atomic E-state index is -0.119. The molecule has 3 atom stereocenters. The third-order valence-corrected chi connectivity index (χ3v) is 6.30. The molecule has 0 saturated heterocycles. The van der Waals surface area contributed by atoms with Crippen LogP contribution in [0.2, 0.25) is 0 Å². The predicted molar refractivity (Wildman–Crippen MR) is 83.4 cm³/mol. The lowest BCUT2D eigenvalue weighted by Crippen LogP contribution is -2.35. The van der Waals surface area contributed by atoms with Crippen LogP contribution in [0.1, 0.15) is 54.4 Å². The van der Waals surface area contributed by atoms with Gasteiger partial charge in [0.25, 0.3) is 0 Å². The zero-order valence-corrected chi connectivity index (χ0v) is 13.0. The van der Waals surface area contributed by atoms with Crippen molar-refractivity contribution >= 4 is 0 Å². The van der Waals surface area contributed by atoms with E-state index < -0.39 is 0 Å². The second kappa shape index (κ2) is 4.61. The molecule has 2 nitrogen and oxygen atoms in total. The van der Waals surface area contributed by atoms with Crippen molar-refractivity contribution in [3.8, 4) is 0 Å². The molecule has 1 saturated carbocycles. The number of ether oxygens (including phenoxy) is 1. The van der Waals surface area contributed by atoms with Crippen molar-refractivity contribution in [2.75, 3.05) is 7.11 Å². The lowest BCUT2D eigenvalue weighted by atomic mass is 9.64. The Hall–Kier alpha value is -1.28. The van der Waals surface area contributed by atoms with E-state index in [0.29, 0.717) is 5.92 Å². The highest BCUT2D eigenvalue weighted by Gasteiger charge is 2.49. The summed E-state index contributed by atoms with van der Waals surface area (Å²) in [5.74, 6) is 1.65. The van der Waals surface area contributed by atoms with Crippen molar-refractivity contribution in [1.29, 1.82) is 0 Å². The van der Waals surface area contributed by atoms with Crippen molar-refractivity contribution in [2.45, 2.75) is 57.5 Å². The summed E-state index contributed by atoms with van der Waals surface area (Å²) >= 11 is 0. The molecule has 2 unspecified atom stereocenters. The Kier molecular flexibility index (Phi) is 2.94. The van der Waals surface area contributed by atoms with Gasteiger partial charge in [-0.05, 0) is 66.4 Å². The minimum Gasteiger partial charge on any atom is -0.501 e. The standard InChI is InChI=1S/C19H24O2/c1-19-10-9-15-14-6-4-13(21-2)11-12(14)3-5-16(15)17(19)7-8-18(19)20/h3-5,17-18,20H,6-11H2,1-2H3/t17?,18-,19?/m0/s1. The average Bonchev–Trinajstić information content (AvgIpc) is 2.82. The quantitative estimate of drug-likeness (QED) is 0.855. The van der Waals surface area contributed by atoms with Crippen molar-refractivity contribution in [3.63, 3.8) is 0 Å². The fraction of sp³-hybridized carbons (Fsp3) is 0.579. The molecule has 0 aliphatic heterocycles. The van der Waals surface area contributed by atoms with Crippen LogP contribution in [-0.4, -0.2) is 18.3 Å². The fourth-order valence-electron chi connectivity index (χ4n) is 4.89. The van der Waals surface area contributed by atoms with Crippen LogP contribution in [0.5, 0.6) is 0 Å². The summed E-state index contributed by atoms with van der Waals surface area (Å²) in [4.78, 5) is 0. The Morgan fingerprint density at radius 1 is 1.24 bits per heavy atom. The first-order valence-corrected chi connectivity index (χ1v) is 8.18. The molecule has 0 radical (unpaired) electrons. The van der Waals surface area contributed by atoms with E-state index in [2.05, 4.69) is 25.1 Å². The molecule has 0 aromatic heterocycles. The molecular formula is C19H24O2. The number of aliphatic hydroxyl groups is 1. The van der Waals surface area contributed by atoms with Gasteiger partial charge in [0.1, 0.15) is 0 Å². The summed E-state index contributed by atoms with van der Waals surface area (Å²) in [6, 6.07) is 4.64. The SMILES string of the molecule is COC1=CCc2c(ccc3c2CCC2(C)C3CC[C@@H]2O)C1. The molecule has 3 aliphatic rings. The van der Waals surface area contributed by atoms with Crippen molar-refractivity contribution in [3.05, 3.63) is 46.2 Å². The van der Waals surface area contributed by atoms with Crippen LogP contribution < -0.4 is 0 Å². The van der Waals surface area contributed by atoms with Gasteiger partial charge in [0.05, 0.1) is 19.0 Å². The zero-order chi connectivity index (χ0) is 14.6. The predicted octanol–water partition coefficient (Wildman–Crippen LogP) is 3.51. The van der Waals surface area contributed by atoms with Gasteiger partial charge in [0.15, 0.2) is 0 Å². The summed E-state index contributed by atoms with van der Waals surface area (Å²) in [7, 11) is 1.76. The first kappa shape index (κ1) is 13.4. The molecule has 0 bridgehead atoms. The summed E-state index contributed by atoms with van der Waals surface area (Å²) in [6.45, 7) is 2.29. The molecule has 1 aromatic carbocycles. The number of methoxy groups -OCH3 is 1. The van der Waals surface area contributed by atoms with E-state index in [1.807, 2.05) is 0 Å². The Morgan fingerprint density at radius 2 is 2.10 bits per heavy atom. The van der Waals surface area contributed by atoms with E-state index >= 15 is 0 Å². The van der Waals surface area contributed by atoms with Crippen molar-refractivity contribution < 1.29 is 9.84 Å². The molecule has 0 heterocycles. The van der Waals surface area contributed by atoms with Gasteiger partial charge in [-0.2, -0.15) is 0 Å². The van der Waals surface area contributed by atoms with Crippen LogP contribution >= 0.6 is 0 Å². The second-order valence-electron chi connectivity index (χ2n) is 7.18. The van der Waals surface area contributed by atoms with Crippen LogP contribution in [0.25, 0.3) is 0 Å². The molecule has 3 aliphatic carbocycles. The van der Waals surface area contributed by atoms with Gasteiger partial charge >= 0.3 is 0 Å². The maximum atomic E-state index is 10.4. The molecule has 1 N–H and O–H groups in total. The van der Waals surface area contributed by atoms with E-state index in [-0.39, 0.29) is 11.5 Å². The topological polar surface area (TPSA) is 29.5 Å². The molecular weight excluding hydrogens is 260 g/mol. The highest BCUT2D eigenvalue weighted by atomic mass is 16.5. The van der Waals surface area contributed by atoms with E-state index in [1.165, 1.54) is 16.7 Å². The number of hydrogen-bond acceptors (Lipinski definition) is 2. The third kappa shape index (κ3) is 1.81. The van der Waals surface area contributed by atoms with Gasteiger partial charge < -0.3 is 9.84 Å². The highest BCUT2D eigenvalue weighted by Crippen LogP contribution is 2.56. The molecule has 0 spiro atoms. The maximum Gasteiger partial charge on any atom is 0.0962 e. The van der Waals surface area contributed by atoms with Gasteiger partial charge in [-0.15, -0.1) is 0 Å². The van der Waals surface area contributed by atoms with Crippen molar-refractivity contribution in [1.82, 2.24) is 0 Å². The van der Waals surface area contributed by atoms with Crippen LogP contribution in [-0.2, 0) is 24.0 Å². The number of allylic oxidation sites excluding steroid dienone is 2. The molecule has 1 fully saturated rings. The van der Waals surface area contributed by atoms with Gasteiger partial charge in [-0.1, -0.05) is 19.1 Å². The Labute approximate surface area is 126 Å². The summed E-state index contributed by atoms with van der Waals surface area (Å²) < 4.78 is 5.42. The zero-order valence-electron chi connectivity index (χ0n) is 13.0. The van der Waals surface area contributed by atoms with Gasteiger partial charge in [-0.3, -0.25) is 0 Å². The molecule has 0 amide bonds. The number of hydrogen-bond donors (Lipinski definition) is 1. The maximum absolute atomic E-state index is 10.4. The minimum absolute atomic E-state index is 0.101. The lowest BCUT2D eigenvalue weighted by Gasteiger charge is -2.41. The monoisotopic (exact) mass is 284 g/mol. The fourth-order valence-corrected chi connectivity index (χ4v) is 4.89. The Bertz CT molecular complexity index is 616. The van der Waals surface area contributed by atoms with Gasteiger partial charge in [0.2, 0.25) is 0 Å². The number of aliphatic hydroxyl groups excluding tert-OH is 1. The number of fused-ring (bicyclic) bond motifs is 5. The van der Waals surface area contributed by atoms with Crippen molar-refractivity contribution in [2.24, 2.45) is 5.41 Å². The summed E-state index contributed by atoms with van der Waals surface area (Å²) in [5.41, 5.74) is 6.18. The first-order chi connectivity index (χ1) is 10.1. The van der Waals surface area contributed by atoms with Gasteiger partial charge in [-0.25, -0.2) is 0 Å². The van der Waals surface area contributed by atoms with Crippen LogP contribution in [0.4, 0.5) is 0 Å². The van der Waals surface area contributed by atoms with Gasteiger partial charge in [0, 0.05) is 11.8 Å². The van der Waals surface area contributed by atoms with Crippen LogP contribution in [0, 0.1) is 5.41 Å². The smallest absolute Gasteiger partial charge is 0.0962 e. The average molecular weight is 284 g/mol. The molecule has 1 aromatic rings. The Balaban J connectivity index is 1.77. The molecule has 112 valence electrons. The number of benzene rings is 1. The van der Waals surface area contributed by atoms with Crippen LogP contribution in [0.3, 0.4) is 0 Å². The largest absolute Gasteiger partial charge is 0.501 e. The summed E-state index contributed by atoms with van der Waals surface area (Å²) in [5, 5.41) is 10.4. The number of rotatable bonds is 1. The van der Waals surface area contributed by atoms with E-state index in [1.54, 1.807) is 12.7 Å². The second-order valence-corrected chi connectivity index (χ2v) is 7.18. The normalized spacial score (nSPS) is 33.8. The Morgan fingerprint density at radius 3 is 2.90 bits per heavy atom. The molecule has 21 heavy (non-hydrogen) atoms.